The highest BCUT2D eigenvalue weighted by Crippen LogP contribution is 2.36. The summed E-state index contributed by atoms with van der Waals surface area (Å²) in [5.41, 5.74) is 2.15. The Kier molecular flexibility index (Phi) is 4.53. The van der Waals surface area contributed by atoms with E-state index >= 15 is 0 Å². The molecule has 0 aliphatic rings. The Morgan fingerprint density at radius 3 is 2.41 bits per heavy atom. The zero-order valence-corrected chi connectivity index (χ0v) is 13.3. The zero-order chi connectivity index (χ0) is 12.4. The Labute approximate surface area is 127 Å². The second kappa shape index (κ2) is 5.75. The van der Waals surface area contributed by atoms with Crippen LogP contribution in [0, 0.1) is 0 Å². The van der Waals surface area contributed by atoms with E-state index < -0.39 is 0 Å². The minimum atomic E-state index is 0.0600. The lowest BCUT2D eigenvalue weighted by molar-refractivity contribution is 1.17. The third-order valence-corrected chi connectivity index (χ3v) is 4.45. The molecule has 0 radical (unpaired) electrons. The molecule has 2 rings (SSSR count). The highest BCUT2D eigenvalue weighted by Gasteiger charge is 2.14. The molecule has 88 valence electrons. The van der Waals surface area contributed by atoms with Crippen molar-refractivity contribution < 1.29 is 0 Å². The average molecular weight is 395 g/mol. The highest BCUT2D eigenvalue weighted by molar-refractivity contribution is 9.10. The number of halogens is 4. The standard InChI is InChI=1S/C13H8Br2Cl2/c14-9-3-1-2-8(6-9)13(15)11-5-4-10(16)7-12(11)17/h1-7,13H. The Morgan fingerprint density at radius 2 is 1.76 bits per heavy atom. The fourth-order valence-electron chi connectivity index (χ4n) is 1.55. The van der Waals surface area contributed by atoms with E-state index in [1.54, 1.807) is 6.07 Å². The molecule has 0 saturated heterocycles. The Morgan fingerprint density at radius 1 is 1.00 bits per heavy atom. The second-order valence-corrected chi connectivity index (χ2v) is 6.26. The van der Waals surface area contributed by atoms with Crippen molar-refractivity contribution in [3.63, 3.8) is 0 Å². The number of benzene rings is 2. The maximum atomic E-state index is 6.19. The molecule has 1 unspecified atom stereocenters. The van der Waals surface area contributed by atoms with E-state index in [2.05, 4.69) is 44.0 Å². The van der Waals surface area contributed by atoms with Crippen molar-refractivity contribution in [2.45, 2.75) is 4.83 Å². The van der Waals surface area contributed by atoms with Crippen molar-refractivity contribution in [3.8, 4) is 0 Å². The predicted octanol–water partition coefficient (Wildman–Crippen LogP) is 6.24. The fourth-order valence-corrected chi connectivity index (χ4v) is 3.30. The van der Waals surface area contributed by atoms with E-state index in [0.29, 0.717) is 10.0 Å². The average Bonchev–Trinajstić information content (AvgIpc) is 2.28. The molecule has 0 N–H and O–H groups in total. The number of hydrogen-bond donors (Lipinski definition) is 0. The van der Waals surface area contributed by atoms with E-state index in [1.807, 2.05) is 24.3 Å². The van der Waals surface area contributed by atoms with Crippen LogP contribution in [0.5, 0.6) is 0 Å². The quantitative estimate of drug-likeness (QED) is 0.529. The van der Waals surface area contributed by atoms with Crippen LogP contribution in [0.4, 0.5) is 0 Å². The molecule has 0 bridgehead atoms. The van der Waals surface area contributed by atoms with Crippen LogP contribution in [0.2, 0.25) is 10.0 Å². The molecule has 0 heterocycles. The van der Waals surface area contributed by atoms with Gasteiger partial charge in [-0.05, 0) is 35.4 Å². The maximum Gasteiger partial charge on any atom is 0.0659 e. The van der Waals surface area contributed by atoms with Crippen LogP contribution in [-0.4, -0.2) is 0 Å². The Hall–Kier alpha value is -0.0200. The van der Waals surface area contributed by atoms with Crippen LogP contribution in [0.25, 0.3) is 0 Å². The topological polar surface area (TPSA) is 0 Å². The van der Waals surface area contributed by atoms with Gasteiger partial charge in [-0.1, -0.05) is 73.3 Å². The first-order valence-corrected chi connectivity index (χ1v) is 7.39. The van der Waals surface area contributed by atoms with Crippen LogP contribution in [-0.2, 0) is 0 Å². The molecule has 0 amide bonds. The highest BCUT2D eigenvalue weighted by atomic mass is 79.9. The van der Waals surface area contributed by atoms with Gasteiger partial charge >= 0.3 is 0 Å². The summed E-state index contributed by atoms with van der Waals surface area (Å²) < 4.78 is 1.05. The Bertz CT molecular complexity index is 541. The molecule has 0 nitrogen and oxygen atoms in total. The summed E-state index contributed by atoms with van der Waals surface area (Å²) in [7, 11) is 0. The van der Waals surface area contributed by atoms with Crippen LogP contribution < -0.4 is 0 Å². The minimum absolute atomic E-state index is 0.0600. The molecule has 4 heteroatoms. The minimum Gasteiger partial charge on any atom is -0.0843 e. The predicted molar refractivity (Wildman–Crippen MR) is 81.4 cm³/mol. The van der Waals surface area contributed by atoms with Gasteiger partial charge in [0, 0.05) is 14.5 Å². The van der Waals surface area contributed by atoms with E-state index in [0.717, 1.165) is 15.6 Å². The van der Waals surface area contributed by atoms with Gasteiger partial charge in [0.2, 0.25) is 0 Å². The first-order chi connectivity index (χ1) is 8.08. The van der Waals surface area contributed by atoms with Gasteiger partial charge in [-0.25, -0.2) is 0 Å². The third kappa shape index (κ3) is 3.25. The summed E-state index contributed by atoms with van der Waals surface area (Å²) >= 11 is 19.2. The lowest BCUT2D eigenvalue weighted by Gasteiger charge is -2.13. The molecule has 2 aromatic carbocycles. The van der Waals surface area contributed by atoms with Gasteiger partial charge in [0.15, 0.2) is 0 Å². The van der Waals surface area contributed by atoms with Crippen molar-refractivity contribution in [2.24, 2.45) is 0 Å². The lowest BCUT2D eigenvalue weighted by atomic mass is 10.1. The lowest BCUT2D eigenvalue weighted by Crippen LogP contribution is -1.93. The van der Waals surface area contributed by atoms with E-state index in [-0.39, 0.29) is 4.83 Å². The molecule has 0 aromatic heterocycles. The molecule has 0 saturated carbocycles. The number of alkyl halides is 1. The summed E-state index contributed by atoms with van der Waals surface area (Å²) in [6.07, 6.45) is 0. The van der Waals surface area contributed by atoms with Crippen LogP contribution in [0.1, 0.15) is 16.0 Å². The molecular weight excluding hydrogens is 387 g/mol. The van der Waals surface area contributed by atoms with Gasteiger partial charge in [0.25, 0.3) is 0 Å². The van der Waals surface area contributed by atoms with E-state index in [1.165, 1.54) is 0 Å². The van der Waals surface area contributed by atoms with Crippen molar-refractivity contribution in [3.05, 3.63) is 68.1 Å². The van der Waals surface area contributed by atoms with Crippen molar-refractivity contribution in [1.29, 1.82) is 0 Å². The van der Waals surface area contributed by atoms with Gasteiger partial charge in [-0.3, -0.25) is 0 Å². The third-order valence-electron chi connectivity index (χ3n) is 2.38. The monoisotopic (exact) mass is 392 g/mol. The summed E-state index contributed by atoms with van der Waals surface area (Å²) in [4.78, 5) is 0.0600. The first-order valence-electron chi connectivity index (χ1n) is 4.92. The summed E-state index contributed by atoms with van der Waals surface area (Å²) in [5, 5.41) is 1.31. The van der Waals surface area contributed by atoms with E-state index in [9.17, 15) is 0 Å². The SMILES string of the molecule is Clc1ccc(C(Br)c2cccc(Br)c2)c(Cl)c1. The van der Waals surface area contributed by atoms with Gasteiger partial charge in [-0.15, -0.1) is 0 Å². The van der Waals surface area contributed by atoms with Gasteiger partial charge in [0.05, 0.1) is 4.83 Å². The molecule has 2 aromatic rings. The Balaban J connectivity index is 2.40. The van der Waals surface area contributed by atoms with Crippen LogP contribution in [0.15, 0.2) is 46.9 Å². The smallest absolute Gasteiger partial charge is 0.0659 e. The summed E-state index contributed by atoms with van der Waals surface area (Å²) in [6, 6.07) is 13.6. The molecule has 17 heavy (non-hydrogen) atoms. The van der Waals surface area contributed by atoms with Crippen molar-refractivity contribution in [1.82, 2.24) is 0 Å². The van der Waals surface area contributed by atoms with Gasteiger partial charge < -0.3 is 0 Å². The van der Waals surface area contributed by atoms with Crippen LogP contribution in [0.3, 0.4) is 0 Å². The fraction of sp³-hybridized carbons (Fsp3) is 0.0769. The zero-order valence-electron chi connectivity index (χ0n) is 8.63. The molecule has 0 fully saturated rings. The first kappa shape index (κ1) is 13.4. The number of hydrogen-bond acceptors (Lipinski definition) is 0. The molecule has 0 aliphatic carbocycles. The van der Waals surface area contributed by atoms with Crippen LogP contribution >= 0.6 is 55.1 Å². The summed E-state index contributed by atoms with van der Waals surface area (Å²) in [5.74, 6) is 0. The maximum absolute atomic E-state index is 6.19. The van der Waals surface area contributed by atoms with Gasteiger partial charge in [-0.2, -0.15) is 0 Å². The molecular formula is C13H8Br2Cl2. The molecule has 0 spiro atoms. The molecule has 0 aliphatic heterocycles. The van der Waals surface area contributed by atoms with Gasteiger partial charge in [0.1, 0.15) is 0 Å². The number of rotatable bonds is 2. The van der Waals surface area contributed by atoms with Crippen molar-refractivity contribution in [2.75, 3.05) is 0 Å². The van der Waals surface area contributed by atoms with Crippen molar-refractivity contribution >= 4 is 55.1 Å². The molecule has 1 atom stereocenters. The second-order valence-electron chi connectivity index (χ2n) is 3.58. The normalized spacial score (nSPS) is 12.5. The largest absolute Gasteiger partial charge is 0.0843 e. The van der Waals surface area contributed by atoms with E-state index in [4.69, 9.17) is 23.2 Å². The summed E-state index contributed by atoms with van der Waals surface area (Å²) in [6.45, 7) is 0.